The molecule has 2 rings (SSSR count). The molecule has 9 heteroatoms. The first-order valence-corrected chi connectivity index (χ1v) is 7.19. The van der Waals surface area contributed by atoms with Crippen molar-refractivity contribution in [2.45, 2.75) is 19.4 Å². The fraction of sp³-hybridized carbons (Fsp3) is 0.312. The molecule has 2 amide bonds. The minimum atomic E-state index is -3.20. The molecule has 1 heterocycles. The van der Waals surface area contributed by atoms with Crippen molar-refractivity contribution >= 4 is 6.03 Å². The van der Waals surface area contributed by atoms with E-state index in [1.807, 2.05) is 0 Å². The number of hydroxylamine groups is 2. The number of nitrogens with one attached hydrogen (secondary N) is 1. The summed E-state index contributed by atoms with van der Waals surface area (Å²) in [5, 5.41) is 7.11. The minimum absolute atomic E-state index is 0.0541. The molecule has 0 unspecified atom stereocenters. The van der Waals surface area contributed by atoms with Gasteiger partial charge in [0.25, 0.3) is 5.89 Å². The molecule has 2 aromatic rings. The Labute approximate surface area is 142 Å². The predicted octanol–water partition coefficient (Wildman–Crippen LogP) is 2.55. The number of carbonyl (C=O) groups excluding carboxylic acids is 1. The van der Waals surface area contributed by atoms with E-state index in [9.17, 15) is 13.6 Å². The summed E-state index contributed by atoms with van der Waals surface area (Å²) in [6.07, 6.45) is 5.08. The highest BCUT2D eigenvalue weighted by atomic mass is 19.3. The molecule has 0 bridgehead atoms. The zero-order valence-corrected chi connectivity index (χ0v) is 13.6. The van der Waals surface area contributed by atoms with Crippen molar-refractivity contribution in [2.75, 3.05) is 13.7 Å². The quantitative estimate of drug-likeness (QED) is 0.640. The van der Waals surface area contributed by atoms with Crippen LogP contribution in [0.1, 0.15) is 18.4 Å². The largest absolute Gasteiger partial charge is 0.342 e. The summed E-state index contributed by atoms with van der Waals surface area (Å²) in [6, 6.07) is 6.17. The third kappa shape index (κ3) is 4.74. The van der Waals surface area contributed by atoms with Crippen LogP contribution in [0.25, 0.3) is 11.4 Å². The highest BCUT2D eigenvalue weighted by Crippen LogP contribution is 2.27. The Bertz CT molecular complexity index is 763. The lowest BCUT2D eigenvalue weighted by Gasteiger charge is -2.19. The van der Waals surface area contributed by atoms with Crippen LogP contribution in [0.3, 0.4) is 0 Å². The second kappa shape index (κ2) is 7.72. The molecule has 1 aromatic heterocycles. The number of hydrogen-bond acceptors (Lipinski definition) is 5. The van der Waals surface area contributed by atoms with Crippen LogP contribution in [0.15, 0.2) is 28.8 Å². The van der Waals surface area contributed by atoms with E-state index in [1.165, 1.54) is 7.11 Å². The number of rotatable bonds is 6. The molecule has 132 valence electrons. The van der Waals surface area contributed by atoms with Gasteiger partial charge in [0, 0.05) is 12.5 Å². The average molecular weight is 350 g/mol. The number of halogens is 2. The number of alkyl halides is 2. The number of hydrogen-bond donors (Lipinski definition) is 1. The van der Waals surface area contributed by atoms with Gasteiger partial charge < -0.3 is 9.84 Å². The molecule has 0 spiro atoms. The Morgan fingerprint density at radius 2 is 2.12 bits per heavy atom. The van der Waals surface area contributed by atoms with Crippen LogP contribution < -0.4 is 5.32 Å². The van der Waals surface area contributed by atoms with Gasteiger partial charge >= 0.3 is 12.0 Å². The monoisotopic (exact) mass is 350 g/mol. The van der Waals surface area contributed by atoms with Crippen molar-refractivity contribution < 1.29 is 22.9 Å². The van der Waals surface area contributed by atoms with Crippen LogP contribution in [-0.2, 0) is 17.3 Å². The number of amides is 2. The molecular formula is C16H16F2N4O3. The van der Waals surface area contributed by atoms with E-state index in [4.69, 9.17) is 11.3 Å². The van der Waals surface area contributed by atoms with E-state index in [1.54, 1.807) is 24.3 Å². The molecule has 0 aliphatic carbocycles. The molecule has 0 aliphatic rings. The maximum Gasteiger partial charge on any atom is 0.342 e. The van der Waals surface area contributed by atoms with E-state index >= 15 is 0 Å². The van der Waals surface area contributed by atoms with E-state index in [0.717, 1.165) is 10.6 Å². The van der Waals surface area contributed by atoms with Gasteiger partial charge in [-0.1, -0.05) is 35.3 Å². The van der Waals surface area contributed by atoms with Crippen LogP contribution in [0.4, 0.5) is 13.6 Å². The molecule has 1 aromatic carbocycles. The summed E-state index contributed by atoms with van der Waals surface area (Å²) >= 11 is 0. The highest BCUT2D eigenvalue weighted by molar-refractivity contribution is 5.73. The molecule has 0 atom stereocenters. The SMILES string of the molecule is C#CCNC(=O)N(Cc1ccc(-c2noc(C(C)(F)F)n2)cc1)OC. The third-order valence-electron chi connectivity index (χ3n) is 3.13. The lowest BCUT2D eigenvalue weighted by Crippen LogP contribution is -2.38. The molecule has 0 aliphatic heterocycles. The Kier molecular flexibility index (Phi) is 5.67. The Morgan fingerprint density at radius 1 is 1.44 bits per heavy atom. The first-order valence-electron chi connectivity index (χ1n) is 7.19. The number of urea groups is 1. The van der Waals surface area contributed by atoms with Crippen molar-refractivity contribution in [1.82, 2.24) is 20.5 Å². The molecule has 7 nitrogen and oxygen atoms in total. The number of carbonyl (C=O) groups is 1. The van der Waals surface area contributed by atoms with Crippen LogP contribution >= 0.6 is 0 Å². The van der Waals surface area contributed by atoms with Crippen molar-refractivity contribution in [3.8, 4) is 23.7 Å². The van der Waals surface area contributed by atoms with Crippen molar-refractivity contribution in [1.29, 1.82) is 0 Å². The van der Waals surface area contributed by atoms with Gasteiger partial charge in [-0.2, -0.15) is 18.8 Å². The van der Waals surface area contributed by atoms with Crippen molar-refractivity contribution in [3.05, 3.63) is 35.7 Å². The smallest absolute Gasteiger partial charge is 0.332 e. The lowest BCUT2D eigenvalue weighted by atomic mass is 10.1. The normalized spacial score (nSPS) is 11.0. The standard InChI is InChI=1S/C16H16F2N4O3/c1-4-9-19-15(23)22(24-3)10-11-5-7-12(8-6-11)13-20-14(25-21-13)16(2,17)18/h1,5-8H,9-10H2,2-3H3,(H,19,23). The summed E-state index contributed by atoms with van der Waals surface area (Å²) in [7, 11) is 1.36. The van der Waals surface area contributed by atoms with Crippen LogP contribution in [0.2, 0.25) is 0 Å². The van der Waals surface area contributed by atoms with Crippen LogP contribution in [-0.4, -0.2) is 34.9 Å². The van der Waals surface area contributed by atoms with Gasteiger partial charge in [-0.15, -0.1) is 6.42 Å². The summed E-state index contributed by atoms with van der Waals surface area (Å²) in [5.74, 6) is -1.60. The first kappa shape index (κ1) is 18.4. The average Bonchev–Trinajstić information content (AvgIpc) is 3.08. The Morgan fingerprint density at radius 3 is 2.64 bits per heavy atom. The highest BCUT2D eigenvalue weighted by Gasteiger charge is 2.32. The van der Waals surface area contributed by atoms with Gasteiger partial charge in [-0.3, -0.25) is 4.84 Å². The minimum Gasteiger partial charge on any atom is -0.332 e. The topological polar surface area (TPSA) is 80.5 Å². The van der Waals surface area contributed by atoms with E-state index < -0.39 is 17.8 Å². The Hall–Kier alpha value is -2.99. The van der Waals surface area contributed by atoms with E-state index in [0.29, 0.717) is 12.5 Å². The fourth-order valence-corrected chi connectivity index (χ4v) is 1.88. The third-order valence-corrected chi connectivity index (χ3v) is 3.13. The lowest BCUT2D eigenvalue weighted by molar-refractivity contribution is -0.0929. The second-order valence-corrected chi connectivity index (χ2v) is 5.09. The van der Waals surface area contributed by atoms with E-state index in [2.05, 4.69) is 25.9 Å². The van der Waals surface area contributed by atoms with Gasteiger partial charge in [-0.25, -0.2) is 4.79 Å². The first-order chi connectivity index (χ1) is 11.8. The molecule has 0 radical (unpaired) electrons. The molecule has 25 heavy (non-hydrogen) atoms. The Balaban J connectivity index is 2.08. The second-order valence-electron chi connectivity index (χ2n) is 5.09. The summed E-state index contributed by atoms with van der Waals surface area (Å²) in [6.45, 7) is 0.926. The zero-order chi connectivity index (χ0) is 18.4. The predicted molar refractivity (Wildman–Crippen MR) is 84.1 cm³/mol. The maximum atomic E-state index is 13.1. The van der Waals surface area contributed by atoms with Crippen molar-refractivity contribution in [3.63, 3.8) is 0 Å². The summed E-state index contributed by atoms with van der Waals surface area (Å²) < 4.78 is 30.8. The van der Waals surface area contributed by atoms with Gasteiger partial charge in [0.2, 0.25) is 5.82 Å². The van der Waals surface area contributed by atoms with E-state index in [-0.39, 0.29) is 18.9 Å². The molecular weight excluding hydrogens is 334 g/mol. The summed E-state index contributed by atoms with van der Waals surface area (Å²) in [5.41, 5.74) is 1.25. The fourth-order valence-electron chi connectivity index (χ4n) is 1.88. The van der Waals surface area contributed by atoms with Crippen LogP contribution in [0.5, 0.6) is 0 Å². The number of aromatic nitrogens is 2. The molecule has 0 saturated heterocycles. The summed E-state index contributed by atoms with van der Waals surface area (Å²) in [4.78, 5) is 20.5. The van der Waals surface area contributed by atoms with Crippen LogP contribution in [0, 0.1) is 12.3 Å². The van der Waals surface area contributed by atoms with Gasteiger partial charge in [-0.05, 0) is 5.56 Å². The number of terminal acetylenes is 1. The van der Waals surface area contributed by atoms with Crippen molar-refractivity contribution in [2.24, 2.45) is 0 Å². The number of benzene rings is 1. The molecule has 1 N–H and O–H groups in total. The zero-order valence-electron chi connectivity index (χ0n) is 13.6. The number of nitrogens with zero attached hydrogens (tertiary/aromatic N) is 3. The maximum absolute atomic E-state index is 13.1. The van der Waals surface area contributed by atoms with Gasteiger partial charge in [0.05, 0.1) is 20.2 Å². The molecule has 0 saturated carbocycles. The molecule has 0 fully saturated rings. The van der Waals surface area contributed by atoms with Gasteiger partial charge in [0.1, 0.15) is 0 Å². The van der Waals surface area contributed by atoms with Gasteiger partial charge in [0.15, 0.2) is 0 Å².